The molecule has 0 aromatic heterocycles. The number of aryl methyl sites for hydroxylation is 1. The minimum atomic E-state index is 0.308. The molecule has 2 rings (SSSR count). The molecule has 0 radical (unpaired) electrons. The average molecular weight is 299 g/mol. The van der Waals surface area contributed by atoms with Crippen molar-refractivity contribution in [3.8, 4) is 0 Å². The van der Waals surface area contributed by atoms with E-state index in [1.165, 1.54) is 12.2 Å². The standard InChI is InChI=1S/C16H11ClN2O2/c1-11-2-7-15(18-9-20)16(19-10-21)14(11)8-12-3-5-13(17)6-4-12/h2-7H,8H2,1H3. The van der Waals surface area contributed by atoms with E-state index < -0.39 is 0 Å². The number of isocyanates is 2. The van der Waals surface area contributed by atoms with E-state index in [9.17, 15) is 9.59 Å². The number of hydrogen-bond acceptors (Lipinski definition) is 4. The Bertz CT molecular complexity index is 757. The summed E-state index contributed by atoms with van der Waals surface area (Å²) in [5.74, 6) is 0. The highest BCUT2D eigenvalue weighted by Crippen LogP contribution is 2.35. The van der Waals surface area contributed by atoms with Crippen molar-refractivity contribution in [2.45, 2.75) is 13.3 Å². The van der Waals surface area contributed by atoms with Gasteiger partial charge < -0.3 is 0 Å². The van der Waals surface area contributed by atoms with Crippen molar-refractivity contribution in [2.24, 2.45) is 9.98 Å². The smallest absolute Gasteiger partial charge is 0.211 e. The Hall–Kier alpha value is -2.51. The average Bonchev–Trinajstić information content (AvgIpc) is 2.48. The van der Waals surface area contributed by atoms with Crippen LogP contribution in [0.15, 0.2) is 46.4 Å². The maximum atomic E-state index is 10.6. The van der Waals surface area contributed by atoms with Crippen LogP contribution in [0.25, 0.3) is 0 Å². The first-order valence-corrected chi connectivity index (χ1v) is 6.56. The highest BCUT2D eigenvalue weighted by Gasteiger charge is 2.11. The van der Waals surface area contributed by atoms with Gasteiger partial charge in [-0.2, -0.15) is 9.98 Å². The van der Waals surface area contributed by atoms with Gasteiger partial charge in [0.25, 0.3) is 0 Å². The first kappa shape index (κ1) is 14.9. The second-order valence-electron chi connectivity index (χ2n) is 4.44. The molecule has 2 aromatic rings. The third kappa shape index (κ3) is 3.53. The molecule has 2 aromatic carbocycles. The Labute approximate surface area is 126 Å². The molecule has 0 fully saturated rings. The second kappa shape index (κ2) is 6.78. The van der Waals surface area contributed by atoms with Gasteiger partial charge in [0.1, 0.15) is 11.4 Å². The number of hydrogen-bond donors (Lipinski definition) is 0. The molecule has 0 aliphatic carbocycles. The Morgan fingerprint density at radius 1 is 1.00 bits per heavy atom. The molecule has 0 atom stereocenters. The van der Waals surface area contributed by atoms with Crippen LogP contribution in [0.2, 0.25) is 5.02 Å². The molecular formula is C16H11ClN2O2. The molecule has 104 valence electrons. The maximum Gasteiger partial charge on any atom is 0.240 e. The summed E-state index contributed by atoms with van der Waals surface area (Å²) in [5, 5.41) is 0.654. The molecule has 0 unspecified atom stereocenters. The quantitative estimate of drug-likeness (QED) is 0.628. The van der Waals surface area contributed by atoms with Crippen molar-refractivity contribution < 1.29 is 9.59 Å². The zero-order valence-corrected chi connectivity index (χ0v) is 12.0. The maximum absolute atomic E-state index is 10.6. The van der Waals surface area contributed by atoms with Crippen LogP contribution in [0, 0.1) is 6.92 Å². The summed E-state index contributed by atoms with van der Waals surface area (Å²) in [7, 11) is 0. The van der Waals surface area contributed by atoms with Gasteiger partial charge in [0.05, 0.1) is 0 Å². The van der Waals surface area contributed by atoms with Crippen LogP contribution in [-0.4, -0.2) is 12.2 Å². The molecule has 0 N–H and O–H groups in total. The molecule has 0 aliphatic rings. The fourth-order valence-corrected chi connectivity index (χ4v) is 2.19. The molecule has 0 heterocycles. The summed E-state index contributed by atoms with van der Waals surface area (Å²) in [5.41, 5.74) is 3.43. The van der Waals surface area contributed by atoms with Crippen LogP contribution in [0.1, 0.15) is 16.7 Å². The van der Waals surface area contributed by atoms with E-state index in [0.29, 0.717) is 22.8 Å². The molecule has 0 spiro atoms. The SMILES string of the molecule is Cc1ccc(N=C=O)c(N=C=O)c1Cc1ccc(Cl)cc1. The Balaban J connectivity index is 2.55. The predicted molar refractivity (Wildman–Crippen MR) is 81.0 cm³/mol. The number of nitrogens with zero attached hydrogens (tertiary/aromatic N) is 2. The molecule has 4 nitrogen and oxygen atoms in total. The predicted octanol–water partition coefficient (Wildman–Crippen LogP) is 4.17. The molecule has 5 heteroatoms. The van der Waals surface area contributed by atoms with E-state index in [-0.39, 0.29) is 0 Å². The Morgan fingerprint density at radius 3 is 2.29 bits per heavy atom. The van der Waals surface area contributed by atoms with Gasteiger partial charge in [0.2, 0.25) is 12.2 Å². The molecule has 21 heavy (non-hydrogen) atoms. The van der Waals surface area contributed by atoms with Gasteiger partial charge >= 0.3 is 0 Å². The van der Waals surface area contributed by atoms with Crippen molar-refractivity contribution in [1.29, 1.82) is 0 Å². The van der Waals surface area contributed by atoms with E-state index in [1.54, 1.807) is 18.2 Å². The van der Waals surface area contributed by atoms with E-state index in [1.807, 2.05) is 25.1 Å². The summed E-state index contributed by atoms with van der Waals surface area (Å²) >= 11 is 5.87. The number of aliphatic imine (C=N–C) groups is 2. The Kier molecular flexibility index (Phi) is 4.81. The molecule has 0 bridgehead atoms. The van der Waals surface area contributed by atoms with Crippen molar-refractivity contribution in [1.82, 2.24) is 0 Å². The van der Waals surface area contributed by atoms with E-state index in [2.05, 4.69) is 9.98 Å². The van der Waals surface area contributed by atoms with Crippen LogP contribution in [0.3, 0.4) is 0 Å². The van der Waals surface area contributed by atoms with Crippen LogP contribution >= 0.6 is 11.6 Å². The van der Waals surface area contributed by atoms with Gasteiger partial charge in [0, 0.05) is 5.02 Å². The lowest BCUT2D eigenvalue weighted by atomic mass is 9.98. The van der Waals surface area contributed by atoms with Gasteiger partial charge in [-0.15, -0.1) is 0 Å². The first-order valence-electron chi connectivity index (χ1n) is 6.18. The van der Waals surface area contributed by atoms with Gasteiger partial charge in [-0.3, -0.25) is 0 Å². The molecule has 0 amide bonds. The summed E-state index contributed by atoms with van der Waals surface area (Å²) in [6.45, 7) is 1.91. The zero-order chi connectivity index (χ0) is 15.2. The largest absolute Gasteiger partial charge is 0.240 e. The number of carbonyl (C=O) groups excluding carboxylic acids is 2. The lowest BCUT2D eigenvalue weighted by Crippen LogP contribution is -1.93. The van der Waals surface area contributed by atoms with Gasteiger partial charge in [-0.25, -0.2) is 9.59 Å². The van der Waals surface area contributed by atoms with Gasteiger partial charge in [-0.1, -0.05) is 29.8 Å². The number of benzene rings is 2. The monoisotopic (exact) mass is 298 g/mol. The highest BCUT2D eigenvalue weighted by molar-refractivity contribution is 6.30. The Morgan fingerprint density at radius 2 is 1.67 bits per heavy atom. The third-order valence-electron chi connectivity index (χ3n) is 3.11. The lowest BCUT2D eigenvalue weighted by molar-refractivity contribution is 0.564. The minimum Gasteiger partial charge on any atom is -0.211 e. The molecule has 0 aliphatic heterocycles. The van der Waals surface area contributed by atoms with Gasteiger partial charge in [0.15, 0.2) is 0 Å². The summed E-state index contributed by atoms with van der Waals surface area (Å²) < 4.78 is 0. The number of halogens is 1. The highest BCUT2D eigenvalue weighted by atomic mass is 35.5. The van der Waals surface area contributed by atoms with Crippen molar-refractivity contribution >= 4 is 35.1 Å². The van der Waals surface area contributed by atoms with Crippen molar-refractivity contribution in [3.05, 3.63) is 58.1 Å². The van der Waals surface area contributed by atoms with Crippen molar-refractivity contribution in [3.63, 3.8) is 0 Å². The van der Waals surface area contributed by atoms with Crippen LogP contribution in [0.5, 0.6) is 0 Å². The summed E-state index contributed by atoms with van der Waals surface area (Å²) in [6, 6.07) is 10.8. The van der Waals surface area contributed by atoms with Crippen LogP contribution < -0.4 is 0 Å². The van der Waals surface area contributed by atoms with E-state index >= 15 is 0 Å². The zero-order valence-electron chi connectivity index (χ0n) is 11.3. The molecule has 0 saturated carbocycles. The third-order valence-corrected chi connectivity index (χ3v) is 3.37. The summed E-state index contributed by atoms with van der Waals surface area (Å²) in [6.07, 6.45) is 3.53. The fraction of sp³-hybridized carbons (Fsp3) is 0.125. The van der Waals surface area contributed by atoms with E-state index in [4.69, 9.17) is 11.6 Å². The van der Waals surface area contributed by atoms with Crippen molar-refractivity contribution in [2.75, 3.05) is 0 Å². The van der Waals surface area contributed by atoms with E-state index in [0.717, 1.165) is 16.7 Å². The number of rotatable bonds is 4. The molecular weight excluding hydrogens is 288 g/mol. The summed E-state index contributed by atoms with van der Waals surface area (Å²) in [4.78, 5) is 28.4. The first-order chi connectivity index (χ1) is 10.2. The van der Waals surface area contributed by atoms with Gasteiger partial charge in [-0.05, 0) is 48.2 Å². The van der Waals surface area contributed by atoms with Crippen LogP contribution in [-0.2, 0) is 16.0 Å². The fourth-order valence-electron chi connectivity index (χ4n) is 2.06. The minimum absolute atomic E-state index is 0.308. The normalized spacial score (nSPS) is 9.62. The lowest BCUT2D eigenvalue weighted by Gasteiger charge is -2.10. The topological polar surface area (TPSA) is 58.9 Å². The second-order valence-corrected chi connectivity index (χ2v) is 4.87. The molecule has 0 saturated heterocycles. The van der Waals surface area contributed by atoms with Crippen LogP contribution in [0.4, 0.5) is 11.4 Å².